The van der Waals surface area contributed by atoms with Crippen LogP contribution in [0.3, 0.4) is 0 Å². The van der Waals surface area contributed by atoms with E-state index in [0.717, 1.165) is 24.3 Å². The molecule has 47 heavy (non-hydrogen) atoms. The summed E-state index contributed by atoms with van der Waals surface area (Å²) in [6.45, 7) is 16.1. The number of carbonyl (C=O) groups excluding carboxylic acids is 2. The number of aromatic nitrogens is 3. The van der Waals surface area contributed by atoms with Crippen LogP contribution in [-0.4, -0.2) is 65.0 Å². The van der Waals surface area contributed by atoms with Gasteiger partial charge in [-0.2, -0.15) is 5.10 Å². The number of nitrogens with one attached hydrogen (secondary N) is 1. The number of nitrogens with zero attached hydrogens (tertiary/aromatic N) is 4. The second-order valence-corrected chi connectivity index (χ2v) is 19.9. The Labute approximate surface area is 278 Å². The molecule has 0 bridgehead atoms. The highest BCUT2D eigenvalue weighted by molar-refractivity contribution is 6.76. The predicted octanol–water partition coefficient (Wildman–Crippen LogP) is 7.75. The van der Waals surface area contributed by atoms with Crippen molar-refractivity contribution in [3.8, 4) is 0 Å². The van der Waals surface area contributed by atoms with Gasteiger partial charge in [-0.1, -0.05) is 55.6 Å². The highest BCUT2D eigenvalue weighted by atomic mass is 28.3. The Morgan fingerprint density at radius 1 is 1.11 bits per heavy atom. The minimum atomic E-state index is -1.28. The summed E-state index contributed by atoms with van der Waals surface area (Å²) < 4.78 is 21.4. The summed E-state index contributed by atoms with van der Waals surface area (Å²) in [5.74, 6) is 0.0211. The molecule has 0 saturated carbocycles. The van der Waals surface area contributed by atoms with Crippen molar-refractivity contribution in [1.82, 2.24) is 19.2 Å². The van der Waals surface area contributed by atoms with E-state index in [-0.39, 0.29) is 19.4 Å². The molecule has 10 nitrogen and oxygen atoms in total. The minimum Gasteiger partial charge on any atom is -0.471 e. The number of hydrogen-bond donors (Lipinski definition) is 1. The summed E-state index contributed by atoms with van der Waals surface area (Å²) in [7, 11) is -1.28. The fraction of sp³-hybridized carbons (Fsp3) is 0.417. The van der Waals surface area contributed by atoms with Crippen LogP contribution in [0.4, 0.5) is 10.5 Å². The Morgan fingerprint density at radius 2 is 1.87 bits per heavy atom. The molecule has 1 aliphatic heterocycles. The van der Waals surface area contributed by atoms with Gasteiger partial charge in [0, 0.05) is 32.5 Å². The average Bonchev–Trinajstić information content (AvgIpc) is 3.53. The molecule has 2 aliphatic rings. The molecule has 1 N–H and O–H groups in total. The van der Waals surface area contributed by atoms with Gasteiger partial charge >= 0.3 is 6.09 Å². The molecule has 1 aliphatic carbocycles. The van der Waals surface area contributed by atoms with Gasteiger partial charge in [0.15, 0.2) is 6.73 Å². The summed E-state index contributed by atoms with van der Waals surface area (Å²) >= 11 is 0. The molecule has 0 radical (unpaired) electrons. The largest absolute Gasteiger partial charge is 0.471 e. The molecule has 3 aromatic rings. The lowest BCUT2D eigenvalue weighted by Crippen LogP contribution is -2.28. The SMILES string of the molecule is CC1=CCCC=C1Cn1cc(NC(=O)C2=CN(COCC[Si](C)(C)C)COC(c3cc4ccccc4n3C(=O)OC(C)(C)C)=C2)cn1. The first-order valence-electron chi connectivity index (χ1n) is 16.2. The lowest BCUT2D eigenvalue weighted by Gasteiger charge is -2.23. The molecular weight excluding hydrogens is 611 g/mol. The van der Waals surface area contributed by atoms with E-state index in [4.69, 9.17) is 14.2 Å². The third kappa shape index (κ3) is 9.14. The lowest BCUT2D eigenvalue weighted by molar-refractivity contribution is -0.112. The van der Waals surface area contributed by atoms with Crippen LogP contribution < -0.4 is 5.32 Å². The Bertz CT molecular complexity index is 1750. The van der Waals surface area contributed by atoms with Crippen LogP contribution in [-0.2, 0) is 25.5 Å². The number of benzene rings is 1. The van der Waals surface area contributed by atoms with Gasteiger partial charge in [0.25, 0.3) is 5.91 Å². The van der Waals surface area contributed by atoms with Crippen molar-refractivity contribution in [2.24, 2.45) is 0 Å². The number of amides is 1. The number of para-hydroxylation sites is 1. The van der Waals surface area contributed by atoms with E-state index in [1.165, 1.54) is 15.7 Å². The van der Waals surface area contributed by atoms with E-state index < -0.39 is 19.8 Å². The number of ether oxygens (including phenoxy) is 3. The normalized spacial score (nSPS) is 15.7. The van der Waals surface area contributed by atoms with Crippen LogP contribution in [0.5, 0.6) is 0 Å². The van der Waals surface area contributed by atoms with Crippen LogP contribution in [0, 0.1) is 0 Å². The Hall–Kier alpha value is -4.35. The van der Waals surface area contributed by atoms with E-state index in [2.05, 4.69) is 49.1 Å². The maximum atomic E-state index is 13.8. The van der Waals surface area contributed by atoms with Crippen molar-refractivity contribution < 1.29 is 23.8 Å². The van der Waals surface area contributed by atoms with Crippen molar-refractivity contribution in [2.75, 3.05) is 25.4 Å². The van der Waals surface area contributed by atoms with Crippen molar-refractivity contribution in [1.29, 1.82) is 0 Å². The van der Waals surface area contributed by atoms with E-state index >= 15 is 0 Å². The number of fused-ring (bicyclic) bond motifs is 1. The first-order chi connectivity index (χ1) is 22.3. The maximum absolute atomic E-state index is 13.8. The van der Waals surface area contributed by atoms with Gasteiger partial charge in [0.05, 0.1) is 35.2 Å². The topological polar surface area (TPSA) is 99.9 Å². The molecule has 1 aromatic carbocycles. The van der Waals surface area contributed by atoms with Crippen molar-refractivity contribution in [3.63, 3.8) is 0 Å². The molecule has 0 unspecified atom stereocenters. The fourth-order valence-corrected chi connectivity index (χ4v) is 6.04. The number of anilines is 1. The number of rotatable bonds is 10. The van der Waals surface area contributed by atoms with Crippen LogP contribution in [0.25, 0.3) is 16.7 Å². The molecule has 2 aromatic heterocycles. The van der Waals surface area contributed by atoms with E-state index in [1.807, 2.05) is 66.9 Å². The molecule has 0 atom stereocenters. The lowest BCUT2D eigenvalue weighted by atomic mass is 9.99. The zero-order valence-electron chi connectivity index (χ0n) is 28.6. The van der Waals surface area contributed by atoms with Gasteiger partial charge in [-0.05, 0) is 70.4 Å². The van der Waals surface area contributed by atoms with Crippen molar-refractivity contribution >= 4 is 42.4 Å². The van der Waals surface area contributed by atoms with E-state index in [0.29, 0.717) is 41.4 Å². The zero-order valence-corrected chi connectivity index (χ0v) is 29.6. The quantitative estimate of drug-likeness (QED) is 0.176. The third-order valence-electron chi connectivity index (χ3n) is 7.79. The van der Waals surface area contributed by atoms with Crippen molar-refractivity contribution in [2.45, 2.75) is 78.4 Å². The van der Waals surface area contributed by atoms with Crippen LogP contribution in [0.1, 0.15) is 46.2 Å². The Balaban J connectivity index is 1.43. The summed E-state index contributed by atoms with van der Waals surface area (Å²) in [4.78, 5) is 29.2. The standard InChI is InChI=1S/C36H47N5O5Si/c1-26-12-8-9-14-28(26)22-40-23-30(20-37-40)38-34(42)29-19-33(45-25-39(21-29)24-44-16-17-47(5,6)7)32-18-27-13-10-11-15-31(27)41(32)35(43)46-36(2,3)4/h10-15,18-21,23H,8-9,16-17,22,24-25H2,1-7H3,(H,38,42). The van der Waals surface area contributed by atoms with Crippen molar-refractivity contribution in [3.05, 3.63) is 89.6 Å². The van der Waals surface area contributed by atoms with Crippen LogP contribution in [0.15, 0.2) is 83.9 Å². The predicted molar refractivity (Wildman–Crippen MR) is 188 cm³/mol. The monoisotopic (exact) mass is 657 g/mol. The maximum Gasteiger partial charge on any atom is 0.419 e. The molecule has 0 fully saturated rings. The van der Waals surface area contributed by atoms with Crippen LogP contribution >= 0.6 is 0 Å². The summed E-state index contributed by atoms with van der Waals surface area (Å²) in [5, 5.41) is 8.33. The summed E-state index contributed by atoms with van der Waals surface area (Å²) in [6, 6.07) is 10.5. The van der Waals surface area contributed by atoms with Gasteiger partial charge in [-0.15, -0.1) is 0 Å². The highest BCUT2D eigenvalue weighted by Crippen LogP contribution is 2.30. The molecule has 11 heteroatoms. The molecule has 3 heterocycles. The Kier molecular flexibility index (Phi) is 10.3. The first kappa shape index (κ1) is 34.0. The smallest absolute Gasteiger partial charge is 0.419 e. The molecule has 5 rings (SSSR count). The second kappa shape index (κ2) is 14.2. The molecule has 0 saturated heterocycles. The number of allylic oxidation sites excluding steroid dienone is 4. The van der Waals surface area contributed by atoms with E-state index in [1.54, 1.807) is 18.5 Å². The number of hydrogen-bond acceptors (Lipinski definition) is 7. The second-order valence-electron chi connectivity index (χ2n) is 14.3. The summed E-state index contributed by atoms with van der Waals surface area (Å²) in [5.41, 5.74) is 3.87. The molecule has 250 valence electrons. The summed E-state index contributed by atoms with van der Waals surface area (Å²) in [6.07, 6.45) is 12.9. The molecule has 1 amide bonds. The van der Waals surface area contributed by atoms with Gasteiger partial charge < -0.3 is 24.4 Å². The van der Waals surface area contributed by atoms with E-state index in [9.17, 15) is 9.59 Å². The third-order valence-corrected chi connectivity index (χ3v) is 9.49. The van der Waals surface area contributed by atoms with Gasteiger partial charge in [0.2, 0.25) is 0 Å². The van der Waals surface area contributed by atoms with Gasteiger partial charge in [0.1, 0.15) is 18.1 Å². The van der Waals surface area contributed by atoms with Gasteiger partial charge in [-0.3, -0.25) is 9.48 Å². The highest BCUT2D eigenvalue weighted by Gasteiger charge is 2.27. The minimum absolute atomic E-state index is 0.116. The molecule has 0 spiro atoms. The number of carbonyl (C=O) groups is 2. The first-order valence-corrected chi connectivity index (χ1v) is 19.9. The zero-order chi connectivity index (χ0) is 33.8. The van der Waals surface area contributed by atoms with Gasteiger partial charge in [-0.25, -0.2) is 9.36 Å². The van der Waals surface area contributed by atoms with Crippen LogP contribution in [0.2, 0.25) is 25.7 Å². The average molecular weight is 658 g/mol. The Morgan fingerprint density at radius 3 is 2.62 bits per heavy atom. The molecular formula is C36H47N5O5Si. The fourth-order valence-electron chi connectivity index (χ4n) is 5.28.